The van der Waals surface area contributed by atoms with Crippen LogP contribution in [0.5, 0.6) is 0 Å². The molecule has 3 heterocycles. The van der Waals surface area contributed by atoms with Gasteiger partial charge in [0.15, 0.2) is 0 Å². The number of rotatable bonds is 6. The van der Waals surface area contributed by atoms with Gasteiger partial charge in [-0.2, -0.15) is 0 Å². The summed E-state index contributed by atoms with van der Waals surface area (Å²) in [7, 11) is 0. The normalized spacial score (nSPS) is 14.1. The van der Waals surface area contributed by atoms with Crippen LogP contribution in [0.15, 0.2) is 48.9 Å². The Bertz CT molecular complexity index is 951. The molecule has 1 aromatic carbocycles. The molecule has 0 saturated carbocycles. The highest BCUT2D eigenvalue weighted by atomic mass is 16.2. The van der Waals surface area contributed by atoms with Gasteiger partial charge in [0.2, 0.25) is 5.91 Å². The minimum atomic E-state index is -0.142. The maximum absolute atomic E-state index is 12.1. The highest BCUT2D eigenvalue weighted by Gasteiger charge is 2.21. The molecular weight excluding hydrogens is 368 g/mol. The molecule has 9 heteroatoms. The zero-order chi connectivity index (χ0) is 20.1. The van der Waals surface area contributed by atoms with Crippen LogP contribution < -0.4 is 15.1 Å². The highest BCUT2D eigenvalue weighted by Crippen LogP contribution is 2.24. The molecule has 0 aliphatic carbocycles. The first kappa shape index (κ1) is 18.9. The van der Waals surface area contributed by atoms with E-state index in [-0.39, 0.29) is 12.5 Å². The number of carbonyl (C=O) groups excluding carboxylic acids is 1. The predicted octanol–water partition coefficient (Wildman–Crippen LogP) is 1.02. The van der Waals surface area contributed by atoms with Crippen molar-refractivity contribution >= 4 is 17.4 Å². The van der Waals surface area contributed by atoms with Crippen molar-refractivity contribution in [2.45, 2.75) is 20.0 Å². The molecule has 1 aliphatic rings. The van der Waals surface area contributed by atoms with E-state index in [1.54, 1.807) is 6.20 Å². The van der Waals surface area contributed by atoms with Gasteiger partial charge >= 0.3 is 0 Å². The molecule has 1 aliphatic heterocycles. The third kappa shape index (κ3) is 4.50. The molecular formula is C20H24N8O. The van der Waals surface area contributed by atoms with Gasteiger partial charge in [0, 0.05) is 50.2 Å². The number of aromatic nitrogens is 5. The summed E-state index contributed by atoms with van der Waals surface area (Å²) in [5, 5.41) is 13.7. The van der Waals surface area contributed by atoms with E-state index >= 15 is 0 Å². The molecule has 150 valence electrons. The standard InChI is InChI=1S/C20H24N8O/c1-16-5-2-3-7-18(16)26-9-11-27(12-10-26)20-17(6-4-8-21-20)13-22-19(29)14-28-15-23-24-25-28/h2-8,15H,9-14H2,1H3,(H,22,29). The lowest BCUT2D eigenvalue weighted by Gasteiger charge is -2.38. The van der Waals surface area contributed by atoms with Crippen LogP contribution in [0, 0.1) is 6.92 Å². The zero-order valence-corrected chi connectivity index (χ0v) is 16.4. The van der Waals surface area contributed by atoms with Crippen molar-refractivity contribution in [1.29, 1.82) is 0 Å². The minimum Gasteiger partial charge on any atom is -0.368 e. The Morgan fingerprint density at radius 2 is 1.86 bits per heavy atom. The van der Waals surface area contributed by atoms with Crippen LogP contribution in [-0.4, -0.2) is 57.3 Å². The van der Waals surface area contributed by atoms with E-state index in [9.17, 15) is 4.79 Å². The summed E-state index contributed by atoms with van der Waals surface area (Å²) in [6, 6.07) is 12.4. The van der Waals surface area contributed by atoms with Crippen LogP contribution in [0.2, 0.25) is 0 Å². The van der Waals surface area contributed by atoms with E-state index in [4.69, 9.17) is 0 Å². The monoisotopic (exact) mass is 392 g/mol. The molecule has 0 bridgehead atoms. The number of pyridine rings is 1. The SMILES string of the molecule is Cc1ccccc1N1CCN(c2ncccc2CNC(=O)Cn2cnnn2)CC1. The second-order valence-electron chi connectivity index (χ2n) is 7.03. The van der Waals surface area contributed by atoms with Crippen molar-refractivity contribution in [1.82, 2.24) is 30.5 Å². The summed E-state index contributed by atoms with van der Waals surface area (Å²) in [5.41, 5.74) is 3.59. The Hall–Kier alpha value is -3.49. The van der Waals surface area contributed by atoms with Crippen molar-refractivity contribution in [2.24, 2.45) is 0 Å². The van der Waals surface area contributed by atoms with Crippen LogP contribution in [0.1, 0.15) is 11.1 Å². The van der Waals surface area contributed by atoms with E-state index in [0.717, 1.165) is 37.6 Å². The molecule has 4 rings (SSSR count). The van der Waals surface area contributed by atoms with Crippen LogP contribution in [0.3, 0.4) is 0 Å². The summed E-state index contributed by atoms with van der Waals surface area (Å²) in [4.78, 5) is 21.4. The number of nitrogens with zero attached hydrogens (tertiary/aromatic N) is 7. The summed E-state index contributed by atoms with van der Waals surface area (Å²) < 4.78 is 1.39. The van der Waals surface area contributed by atoms with Gasteiger partial charge in [0.25, 0.3) is 0 Å². The lowest BCUT2D eigenvalue weighted by Crippen LogP contribution is -2.47. The largest absolute Gasteiger partial charge is 0.368 e. The summed E-state index contributed by atoms with van der Waals surface area (Å²) in [6.07, 6.45) is 3.22. The Morgan fingerprint density at radius 1 is 1.07 bits per heavy atom. The maximum atomic E-state index is 12.1. The molecule has 0 radical (unpaired) electrons. The van der Waals surface area contributed by atoms with Crippen molar-refractivity contribution in [3.05, 3.63) is 60.0 Å². The number of tetrazole rings is 1. The average Bonchev–Trinajstić information content (AvgIpc) is 3.26. The van der Waals surface area contributed by atoms with Gasteiger partial charge in [-0.15, -0.1) is 5.10 Å². The second kappa shape index (κ2) is 8.68. The molecule has 29 heavy (non-hydrogen) atoms. The van der Waals surface area contributed by atoms with Gasteiger partial charge in [-0.1, -0.05) is 24.3 Å². The predicted molar refractivity (Wildman–Crippen MR) is 110 cm³/mol. The number of aryl methyl sites for hydroxylation is 1. The molecule has 0 atom stereocenters. The van der Waals surface area contributed by atoms with E-state index in [2.05, 4.69) is 66.8 Å². The average molecular weight is 392 g/mol. The highest BCUT2D eigenvalue weighted by molar-refractivity contribution is 5.75. The third-order valence-corrected chi connectivity index (χ3v) is 5.08. The molecule has 3 aromatic rings. The van der Waals surface area contributed by atoms with Crippen LogP contribution in [-0.2, 0) is 17.9 Å². The molecule has 1 saturated heterocycles. The summed E-state index contributed by atoms with van der Waals surface area (Å²) in [6.45, 7) is 6.31. The van der Waals surface area contributed by atoms with Crippen LogP contribution >= 0.6 is 0 Å². The van der Waals surface area contributed by atoms with Gasteiger partial charge < -0.3 is 15.1 Å². The van der Waals surface area contributed by atoms with E-state index < -0.39 is 0 Å². The second-order valence-corrected chi connectivity index (χ2v) is 7.03. The first-order valence-corrected chi connectivity index (χ1v) is 9.67. The Balaban J connectivity index is 1.37. The van der Waals surface area contributed by atoms with Crippen LogP contribution in [0.25, 0.3) is 0 Å². The first-order valence-electron chi connectivity index (χ1n) is 9.67. The van der Waals surface area contributed by atoms with E-state index in [1.165, 1.54) is 22.3 Å². The van der Waals surface area contributed by atoms with E-state index in [0.29, 0.717) is 6.54 Å². The number of carbonyl (C=O) groups is 1. The lowest BCUT2D eigenvalue weighted by atomic mass is 10.1. The quantitative estimate of drug-likeness (QED) is 0.670. The first-order chi connectivity index (χ1) is 14.2. The Kier molecular flexibility index (Phi) is 5.64. The Morgan fingerprint density at radius 3 is 2.62 bits per heavy atom. The number of piperazine rings is 1. The molecule has 1 N–H and O–H groups in total. The Labute approximate surface area is 169 Å². The molecule has 2 aromatic heterocycles. The van der Waals surface area contributed by atoms with Crippen molar-refractivity contribution < 1.29 is 4.79 Å². The molecule has 0 unspecified atom stereocenters. The lowest BCUT2D eigenvalue weighted by molar-refractivity contribution is -0.122. The van der Waals surface area contributed by atoms with Crippen LogP contribution in [0.4, 0.5) is 11.5 Å². The van der Waals surface area contributed by atoms with Gasteiger partial charge in [-0.3, -0.25) is 4.79 Å². The smallest absolute Gasteiger partial charge is 0.242 e. The summed E-state index contributed by atoms with van der Waals surface area (Å²) in [5.74, 6) is 0.788. The fourth-order valence-electron chi connectivity index (χ4n) is 3.58. The third-order valence-electron chi connectivity index (χ3n) is 5.08. The van der Waals surface area contributed by atoms with Gasteiger partial charge in [-0.05, 0) is 35.0 Å². The van der Waals surface area contributed by atoms with Crippen molar-refractivity contribution in [2.75, 3.05) is 36.0 Å². The number of nitrogens with one attached hydrogen (secondary N) is 1. The molecule has 1 amide bonds. The van der Waals surface area contributed by atoms with Crippen molar-refractivity contribution in [3.8, 4) is 0 Å². The molecule has 9 nitrogen and oxygen atoms in total. The van der Waals surface area contributed by atoms with Gasteiger partial charge in [-0.25, -0.2) is 9.67 Å². The fraction of sp³-hybridized carbons (Fsp3) is 0.350. The van der Waals surface area contributed by atoms with Gasteiger partial charge in [0.1, 0.15) is 18.7 Å². The zero-order valence-electron chi connectivity index (χ0n) is 16.4. The van der Waals surface area contributed by atoms with E-state index in [1.807, 2.05) is 12.1 Å². The summed E-state index contributed by atoms with van der Waals surface area (Å²) >= 11 is 0. The molecule has 0 spiro atoms. The number of anilines is 2. The fourth-order valence-corrected chi connectivity index (χ4v) is 3.58. The number of benzene rings is 1. The number of hydrogen-bond donors (Lipinski definition) is 1. The number of hydrogen-bond acceptors (Lipinski definition) is 7. The topological polar surface area (TPSA) is 92.1 Å². The number of amides is 1. The van der Waals surface area contributed by atoms with Crippen molar-refractivity contribution in [3.63, 3.8) is 0 Å². The van der Waals surface area contributed by atoms with Gasteiger partial charge in [0.05, 0.1) is 0 Å². The maximum Gasteiger partial charge on any atom is 0.242 e. The number of para-hydroxylation sites is 1. The molecule has 1 fully saturated rings. The minimum absolute atomic E-state index is 0.0949.